The fourth-order valence-corrected chi connectivity index (χ4v) is 3.87. The van der Waals surface area contributed by atoms with Gasteiger partial charge in [0.1, 0.15) is 0 Å². The molecule has 0 aliphatic heterocycles. The summed E-state index contributed by atoms with van der Waals surface area (Å²) in [4.78, 5) is 0. The highest BCUT2D eigenvalue weighted by Crippen LogP contribution is 2.51. The van der Waals surface area contributed by atoms with Gasteiger partial charge in [0.25, 0.3) is 0 Å². The number of methoxy groups -OCH3 is 3. The molecule has 2 aromatic carbocycles. The number of hydrogen-bond donors (Lipinski definition) is 1. The number of rotatable bonds is 3. The zero-order valence-electron chi connectivity index (χ0n) is 15.8. The Kier molecular flexibility index (Phi) is 4.65. The Morgan fingerprint density at radius 1 is 0.920 bits per heavy atom. The van der Waals surface area contributed by atoms with Crippen molar-refractivity contribution in [3.63, 3.8) is 0 Å². The van der Waals surface area contributed by atoms with Crippen LogP contribution in [-0.4, -0.2) is 26.4 Å². The summed E-state index contributed by atoms with van der Waals surface area (Å²) >= 11 is 0. The van der Waals surface area contributed by atoms with E-state index in [4.69, 9.17) is 14.2 Å². The van der Waals surface area contributed by atoms with E-state index in [0.29, 0.717) is 23.7 Å². The predicted molar refractivity (Wildman–Crippen MR) is 99.0 cm³/mol. The third kappa shape index (κ3) is 2.65. The molecule has 1 aliphatic carbocycles. The van der Waals surface area contributed by atoms with Crippen molar-refractivity contribution < 1.29 is 19.3 Å². The second kappa shape index (κ2) is 6.60. The van der Waals surface area contributed by atoms with Gasteiger partial charge in [-0.3, -0.25) is 0 Å². The monoisotopic (exact) mass is 342 g/mol. The van der Waals surface area contributed by atoms with Gasteiger partial charge in [0.15, 0.2) is 11.5 Å². The van der Waals surface area contributed by atoms with Crippen LogP contribution in [0.4, 0.5) is 0 Å². The fourth-order valence-electron chi connectivity index (χ4n) is 3.87. The normalized spacial score (nSPS) is 15.9. The van der Waals surface area contributed by atoms with Gasteiger partial charge < -0.3 is 19.3 Å². The fraction of sp³-hybridized carbons (Fsp3) is 0.429. The maximum atomic E-state index is 10.8. The number of ether oxygens (including phenoxy) is 3. The van der Waals surface area contributed by atoms with Crippen molar-refractivity contribution in [1.29, 1.82) is 0 Å². The van der Waals surface area contributed by atoms with E-state index in [1.807, 2.05) is 6.07 Å². The molecule has 1 N–H and O–H groups in total. The van der Waals surface area contributed by atoms with Gasteiger partial charge in [-0.05, 0) is 73.1 Å². The Morgan fingerprint density at radius 2 is 1.60 bits per heavy atom. The first-order valence-corrected chi connectivity index (χ1v) is 8.55. The summed E-state index contributed by atoms with van der Waals surface area (Å²) in [5, 5.41) is 10.8. The summed E-state index contributed by atoms with van der Waals surface area (Å²) in [5.74, 6) is 1.90. The molecule has 0 radical (unpaired) electrons. The van der Waals surface area contributed by atoms with E-state index in [1.165, 1.54) is 11.1 Å². The molecule has 1 unspecified atom stereocenters. The minimum atomic E-state index is -0.497. The van der Waals surface area contributed by atoms with Crippen molar-refractivity contribution in [2.45, 2.75) is 39.7 Å². The SMILES string of the molecule is COc1cc2c(c(OC)c1OC)-c1cc(C)c(C)c(C)c1C(O)CC2. The Morgan fingerprint density at radius 3 is 2.20 bits per heavy atom. The molecule has 1 aliphatic rings. The molecule has 2 aromatic rings. The van der Waals surface area contributed by atoms with Crippen LogP contribution >= 0.6 is 0 Å². The molecule has 4 heteroatoms. The van der Waals surface area contributed by atoms with Crippen LogP contribution < -0.4 is 14.2 Å². The highest BCUT2D eigenvalue weighted by atomic mass is 16.5. The van der Waals surface area contributed by atoms with Crippen LogP contribution in [0.1, 0.15) is 40.3 Å². The van der Waals surface area contributed by atoms with Gasteiger partial charge in [-0.1, -0.05) is 6.07 Å². The van der Waals surface area contributed by atoms with Gasteiger partial charge in [-0.25, -0.2) is 0 Å². The first-order valence-electron chi connectivity index (χ1n) is 8.55. The number of aliphatic hydroxyl groups is 1. The maximum absolute atomic E-state index is 10.8. The molecule has 0 bridgehead atoms. The number of aryl methyl sites for hydroxylation is 2. The molecule has 0 aromatic heterocycles. The zero-order chi connectivity index (χ0) is 18.3. The van der Waals surface area contributed by atoms with E-state index in [2.05, 4.69) is 26.8 Å². The van der Waals surface area contributed by atoms with Crippen LogP contribution in [0.25, 0.3) is 11.1 Å². The first kappa shape index (κ1) is 17.6. The molecule has 25 heavy (non-hydrogen) atoms. The highest BCUT2D eigenvalue weighted by Gasteiger charge is 2.29. The molecule has 134 valence electrons. The maximum Gasteiger partial charge on any atom is 0.203 e. The molecule has 3 rings (SSSR count). The zero-order valence-corrected chi connectivity index (χ0v) is 15.8. The van der Waals surface area contributed by atoms with Crippen molar-refractivity contribution in [2.24, 2.45) is 0 Å². The van der Waals surface area contributed by atoms with Gasteiger partial charge in [-0.2, -0.15) is 0 Å². The lowest BCUT2D eigenvalue weighted by Gasteiger charge is -2.22. The summed E-state index contributed by atoms with van der Waals surface area (Å²) in [6, 6.07) is 4.16. The van der Waals surface area contributed by atoms with Crippen LogP contribution in [0.15, 0.2) is 12.1 Å². The van der Waals surface area contributed by atoms with Gasteiger partial charge in [-0.15, -0.1) is 0 Å². The second-order valence-corrected chi connectivity index (χ2v) is 6.64. The lowest BCUT2D eigenvalue weighted by Crippen LogP contribution is -2.04. The van der Waals surface area contributed by atoms with Gasteiger partial charge in [0.2, 0.25) is 5.75 Å². The van der Waals surface area contributed by atoms with Crippen molar-refractivity contribution in [1.82, 2.24) is 0 Å². The molecule has 0 fully saturated rings. The van der Waals surface area contributed by atoms with Crippen LogP contribution in [0.5, 0.6) is 17.2 Å². The lowest BCUT2D eigenvalue weighted by molar-refractivity contribution is 0.168. The third-order valence-corrected chi connectivity index (χ3v) is 5.41. The Bertz CT molecular complexity index is 824. The molecular weight excluding hydrogens is 316 g/mol. The number of hydrogen-bond acceptors (Lipinski definition) is 4. The number of fused-ring (bicyclic) bond motifs is 3. The Balaban J connectivity index is 2.45. The van der Waals surface area contributed by atoms with E-state index >= 15 is 0 Å². The van der Waals surface area contributed by atoms with Crippen molar-refractivity contribution in [3.8, 4) is 28.4 Å². The Hall–Kier alpha value is -2.20. The van der Waals surface area contributed by atoms with E-state index in [0.717, 1.165) is 34.2 Å². The first-order chi connectivity index (χ1) is 11.9. The van der Waals surface area contributed by atoms with Crippen molar-refractivity contribution in [3.05, 3.63) is 39.9 Å². The third-order valence-electron chi connectivity index (χ3n) is 5.41. The molecule has 0 spiro atoms. The largest absolute Gasteiger partial charge is 0.493 e. The summed E-state index contributed by atoms with van der Waals surface area (Å²) in [7, 11) is 4.89. The summed E-state index contributed by atoms with van der Waals surface area (Å²) < 4.78 is 16.8. The van der Waals surface area contributed by atoms with Gasteiger partial charge >= 0.3 is 0 Å². The molecule has 4 nitrogen and oxygen atoms in total. The quantitative estimate of drug-likeness (QED) is 0.904. The van der Waals surface area contributed by atoms with Crippen LogP contribution in [-0.2, 0) is 6.42 Å². The summed E-state index contributed by atoms with van der Waals surface area (Å²) in [6.07, 6.45) is 0.921. The number of aliphatic hydroxyl groups excluding tert-OH is 1. The van der Waals surface area contributed by atoms with Gasteiger partial charge in [0, 0.05) is 5.56 Å². The molecule has 0 heterocycles. The average Bonchev–Trinajstić information content (AvgIpc) is 2.74. The highest BCUT2D eigenvalue weighted by molar-refractivity contribution is 5.84. The smallest absolute Gasteiger partial charge is 0.203 e. The minimum absolute atomic E-state index is 0.497. The summed E-state index contributed by atoms with van der Waals surface area (Å²) in [6.45, 7) is 6.30. The standard InChI is InChI=1S/C21H26O4/c1-11-9-15-18(13(3)12(11)2)16(22)8-7-14-10-17(23-4)20(24-5)21(25-6)19(14)15/h9-10,16,22H,7-8H2,1-6H3. The average molecular weight is 342 g/mol. The molecule has 1 atom stereocenters. The second-order valence-electron chi connectivity index (χ2n) is 6.64. The molecule has 0 saturated carbocycles. The van der Waals surface area contributed by atoms with Crippen LogP contribution in [0.3, 0.4) is 0 Å². The van der Waals surface area contributed by atoms with Crippen molar-refractivity contribution >= 4 is 0 Å². The van der Waals surface area contributed by atoms with Crippen LogP contribution in [0.2, 0.25) is 0 Å². The Labute approximate surface area is 149 Å². The lowest BCUT2D eigenvalue weighted by atomic mass is 9.87. The van der Waals surface area contributed by atoms with E-state index in [9.17, 15) is 5.11 Å². The minimum Gasteiger partial charge on any atom is -0.493 e. The number of benzene rings is 2. The van der Waals surface area contributed by atoms with E-state index < -0.39 is 6.10 Å². The summed E-state index contributed by atoms with van der Waals surface area (Å²) in [5.41, 5.74) is 7.69. The predicted octanol–water partition coefficient (Wildman–Crippen LogP) is 4.28. The molecule has 0 amide bonds. The van der Waals surface area contributed by atoms with Crippen molar-refractivity contribution in [2.75, 3.05) is 21.3 Å². The topological polar surface area (TPSA) is 47.9 Å². The molecular formula is C21H26O4. The molecule has 0 saturated heterocycles. The van der Waals surface area contributed by atoms with E-state index in [-0.39, 0.29) is 0 Å². The van der Waals surface area contributed by atoms with Gasteiger partial charge in [0.05, 0.1) is 27.4 Å². The van der Waals surface area contributed by atoms with Crippen LogP contribution in [0, 0.1) is 20.8 Å². The van der Waals surface area contributed by atoms with E-state index in [1.54, 1.807) is 21.3 Å².